The Morgan fingerprint density at radius 3 is 2.29 bits per heavy atom. The van der Waals surface area contributed by atoms with Crippen LogP contribution in [0.3, 0.4) is 0 Å². The Balaban J connectivity index is 1.79. The van der Waals surface area contributed by atoms with E-state index in [1.54, 1.807) is 0 Å². The van der Waals surface area contributed by atoms with E-state index < -0.39 is 38.0 Å². The van der Waals surface area contributed by atoms with E-state index in [0.717, 1.165) is 47.1 Å². The van der Waals surface area contributed by atoms with Crippen molar-refractivity contribution >= 4 is 27.6 Å². The van der Waals surface area contributed by atoms with E-state index in [9.17, 15) is 32.7 Å². The Morgan fingerprint density at radius 2 is 1.62 bits per heavy atom. The number of carboxylic acid groups (broad SMARTS) is 1. The zero-order valence-corrected chi connectivity index (χ0v) is 29.2. The number of aromatic nitrogens is 2. The first kappa shape index (κ1) is 36.4. The Bertz CT molecular complexity index is 1880. The second-order valence-corrected chi connectivity index (χ2v) is 14.9. The van der Waals surface area contributed by atoms with Crippen LogP contribution in [0.5, 0.6) is 5.75 Å². The lowest BCUT2D eigenvalue weighted by Crippen LogP contribution is -2.46. The molecule has 1 aliphatic heterocycles. The fraction of sp³-hybridized carbons (Fsp3) is 0.471. The van der Waals surface area contributed by atoms with Crippen LogP contribution in [0.4, 0.5) is 5.69 Å². The summed E-state index contributed by atoms with van der Waals surface area (Å²) < 4.78 is 36.6. The smallest absolute Gasteiger partial charge is 0.394 e. The molecule has 0 saturated heterocycles. The van der Waals surface area contributed by atoms with Gasteiger partial charge in [0, 0.05) is 65.2 Å². The van der Waals surface area contributed by atoms with Gasteiger partial charge in [-0.2, -0.15) is 4.31 Å². The summed E-state index contributed by atoms with van der Waals surface area (Å²) in [4.78, 5) is 52.8. The molecule has 0 unspecified atom stereocenters. The van der Waals surface area contributed by atoms with E-state index in [1.165, 1.54) is 14.1 Å². The number of anilines is 1. The summed E-state index contributed by atoms with van der Waals surface area (Å²) in [5, 5.41) is 9.70. The number of amides is 1. The van der Waals surface area contributed by atoms with Crippen molar-refractivity contribution in [3.05, 3.63) is 75.1 Å². The lowest BCUT2D eigenvalue weighted by Gasteiger charge is -2.30. The average Bonchev–Trinajstić information content (AvgIpc) is 3.07. The van der Waals surface area contributed by atoms with Gasteiger partial charge in [0.2, 0.25) is 10.0 Å². The minimum Gasteiger partial charge on any atom is -0.493 e. The minimum atomic E-state index is -4.44. The highest BCUT2D eigenvalue weighted by Crippen LogP contribution is 2.32. The number of hydrogen-bond donors (Lipinski definition) is 1. The summed E-state index contributed by atoms with van der Waals surface area (Å²) in [6.07, 6.45) is 1.36. The molecule has 260 valence electrons. The number of carboxylic acids is 1. The van der Waals surface area contributed by atoms with Crippen molar-refractivity contribution in [2.24, 2.45) is 25.9 Å². The van der Waals surface area contributed by atoms with Crippen LogP contribution in [-0.4, -0.2) is 83.1 Å². The van der Waals surface area contributed by atoms with Crippen molar-refractivity contribution in [3.63, 3.8) is 0 Å². The van der Waals surface area contributed by atoms with Crippen molar-refractivity contribution in [1.29, 1.82) is 0 Å². The van der Waals surface area contributed by atoms with Crippen LogP contribution in [0.15, 0.2) is 63.1 Å². The molecule has 3 aromatic rings. The first-order valence-electron chi connectivity index (χ1n) is 16.0. The molecular formula is C34H45N5O8S. The molecule has 14 heteroatoms. The molecule has 13 nitrogen and oxygen atoms in total. The molecule has 1 N–H and O–H groups in total. The summed E-state index contributed by atoms with van der Waals surface area (Å²) in [5.74, 6) is -1.53. The topological polar surface area (TPSA) is 151 Å². The third kappa shape index (κ3) is 8.34. The molecule has 0 spiro atoms. The van der Waals surface area contributed by atoms with Crippen LogP contribution >= 0.6 is 0 Å². The van der Waals surface area contributed by atoms with Crippen LogP contribution in [0, 0.1) is 11.8 Å². The zero-order chi connectivity index (χ0) is 35.3. The normalized spacial score (nSPS) is 14.9. The summed E-state index contributed by atoms with van der Waals surface area (Å²) in [5.41, 5.74) is 1.70. The molecule has 48 heavy (non-hydrogen) atoms. The molecule has 0 atom stereocenters. The molecule has 4 rings (SSSR count). The van der Waals surface area contributed by atoms with E-state index in [0.29, 0.717) is 37.6 Å². The fourth-order valence-electron chi connectivity index (χ4n) is 5.66. The van der Waals surface area contributed by atoms with Crippen LogP contribution in [0.25, 0.3) is 11.1 Å². The Labute approximate surface area is 281 Å². The molecule has 1 amide bonds. The van der Waals surface area contributed by atoms with Crippen molar-refractivity contribution < 1.29 is 27.9 Å². The molecule has 0 fully saturated rings. The molecule has 2 heterocycles. The van der Waals surface area contributed by atoms with Crippen molar-refractivity contribution in [2.45, 2.75) is 45.6 Å². The summed E-state index contributed by atoms with van der Waals surface area (Å²) in [6.45, 7) is 9.32. The molecule has 0 bridgehead atoms. The summed E-state index contributed by atoms with van der Waals surface area (Å²) >= 11 is 0. The minimum absolute atomic E-state index is 0.0116. The zero-order valence-electron chi connectivity index (χ0n) is 28.4. The second-order valence-electron chi connectivity index (χ2n) is 13.0. The van der Waals surface area contributed by atoms with Crippen LogP contribution in [0.1, 0.15) is 39.7 Å². The van der Waals surface area contributed by atoms with Gasteiger partial charge in [0.15, 0.2) is 4.90 Å². The van der Waals surface area contributed by atoms with E-state index >= 15 is 0 Å². The number of carbonyl (C=O) groups excluding carboxylic acids is 1. The molecule has 2 aromatic carbocycles. The highest BCUT2D eigenvalue weighted by molar-refractivity contribution is 7.89. The van der Waals surface area contributed by atoms with E-state index in [1.807, 2.05) is 42.5 Å². The maximum atomic E-state index is 13.9. The number of carbonyl (C=O) groups is 2. The predicted octanol–water partition coefficient (Wildman–Crippen LogP) is 2.76. The van der Waals surface area contributed by atoms with Gasteiger partial charge in [-0.25, -0.2) is 18.0 Å². The van der Waals surface area contributed by atoms with E-state index in [-0.39, 0.29) is 32.1 Å². The van der Waals surface area contributed by atoms with Crippen molar-refractivity contribution in [1.82, 2.24) is 18.3 Å². The average molecular weight is 684 g/mol. The van der Waals surface area contributed by atoms with Gasteiger partial charge in [0.1, 0.15) is 5.75 Å². The number of benzene rings is 2. The third-order valence-corrected chi connectivity index (χ3v) is 9.96. The van der Waals surface area contributed by atoms with Gasteiger partial charge in [-0.05, 0) is 53.1 Å². The number of aryl methyl sites for hydroxylation is 1. The second kappa shape index (κ2) is 15.2. The SMILES string of the molecule is CC(C)COc1cccc(-c2ccc3c(c2)N(CC(C)C)CCCN(S(=O)(=O)c2cn(C)c(=O)n(C)c2=O)CCN(C(=O)C(=O)O)C3)c1. The molecule has 1 aliphatic rings. The quantitative estimate of drug-likeness (QED) is 0.354. The molecule has 0 radical (unpaired) electrons. The summed E-state index contributed by atoms with van der Waals surface area (Å²) in [7, 11) is -1.89. The monoisotopic (exact) mass is 683 g/mol. The predicted molar refractivity (Wildman–Crippen MR) is 183 cm³/mol. The van der Waals surface area contributed by atoms with E-state index in [4.69, 9.17) is 4.74 Å². The highest BCUT2D eigenvalue weighted by atomic mass is 32.2. The van der Waals surface area contributed by atoms with Crippen LogP contribution in [0.2, 0.25) is 0 Å². The lowest BCUT2D eigenvalue weighted by atomic mass is 10.00. The number of aliphatic carboxylic acids is 1. The molecular weight excluding hydrogens is 638 g/mol. The number of hydrogen-bond acceptors (Lipinski definition) is 8. The summed E-state index contributed by atoms with van der Waals surface area (Å²) in [6, 6.07) is 13.6. The lowest BCUT2D eigenvalue weighted by molar-refractivity contribution is -0.156. The fourth-order valence-corrected chi connectivity index (χ4v) is 7.28. The van der Waals surface area contributed by atoms with Crippen molar-refractivity contribution in [2.75, 3.05) is 44.2 Å². The molecule has 0 saturated carbocycles. The van der Waals surface area contributed by atoms with Crippen LogP contribution in [-0.2, 0) is 40.3 Å². The largest absolute Gasteiger partial charge is 0.493 e. The van der Waals surface area contributed by atoms with Gasteiger partial charge in [-0.15, -0.1) is 0 Å². The number of nitrogens with zero attached hydrogens (tertiary/aromatic N) is 5. The van der Waals surface area contributed by atoms with Gasteiger partial charge in [0.05, 0.1) is 6.61 Å². The number of fused-ring (bicyclic) bond motifs is 1. The number of rotatable bonds is 8. The van der Waals surface area contributed by atoms with Gasteiger partial charge < -0.3 is 24.2 Å². The van der Waals surface area contributed by atoms with Gasteiger partial charge >= 0.3 is 17.6 Å². The third-order valence-electron chi connectivity index (χ3n) is 8.08. The Kier molecular flexibility index (Phi) is 11.5. The first-order valence-corrected chi connectivity index (χ1v) is 17.4. The maximum Gasteiger partial charge on any atom is 0.394 e. The highest BCUT2D eigenvalue weighted by Gasteiger charge is 2.32. The number of sulfonamides is 1. The maximum absolute atomic E-state index is 13.9. The number of ether oxygens (including phenoxy) is 1. The van der Waals surface area contributed by atoms with Crippen LogP contribution < -0.4 is 20.9 Å². The Morgan fingerprint density at radius 1 is 0.917 bits per heavy atom. The van der Waals surface area contributed by atoms with Gasteiger partial charge in [-0.3, -0.25) is 14.2 Å². The molecule has 1 aromatic heterocycles. The standard InChI is InChI=1S/C34H45N5O8S/c1-23(2)19-37-13-8-14-39(48(45,46)30-21-35(5)34(44)36(6)31(30)40)16-15-38(32(41)33(42)43)20-27-12-11-26(18-29(27)37)25-9-7-10-28(17-25)47-22-24(3)4/h7,9-12,17-18,21,23-24H,8,13-16,19-20,22H2,1-6H3,(H,42,43). The van der Waals surface area contributed by atoms with Gasteiger partial charge in [0.25, 0.3) is 5.56 Å². The molecule has 0 aliphatic carbocycles. The van der Waals surface area contributed by atoms with Gasteiger partial charge in [-0.1, -0.05) is 52.0 Å². The van der Waals surface area contributed by atoms with E-state index in [2.05, 4.69) is 32.6 Å². The Hall–Kier alpha value is -4.43. The van der Waals surface area contributed by atoms with Crippen molar-refractivity contribution in [3.8, 4) is 16.9 Å². The first-order chi connectivity index (χ1) is 22.6.